The molecule has 120 valence electrons. The van der Waals surface area contributed by atoms with Crippen LogP contribution in [0.15, 0.2) is 0 Å². The fourth-order valence-electron chi connectivity index (χ4n) is 4.13. The van der Waals surface area contributed by atoms with Gasteiger partial charge >= 0.3 is 6.03 Å². The van der Waals surface area contributed by atoms with Gasteiger partial charge in [0.15, 0.2) is 0 Å². The van der Waals surface area contributed by atoms with Gasteiger partial charge in [0.2, 0.25) is 0 Å². The minimum atomic E-state index is -0.0825. The van der Waals surface area contributed by atoms with Gasteiger partial charge in [-0.3, -0.25) is 0 Å². The fraction of sp³-hybridized carbons (Fsp3) is 0.938. The van der Waals surface area contributed by atoms with E-state index in [0.29, 0.717) is 12.6 Å². The Morgan fingerprint density at radius 3 is 2.57 bits per heavy atom. The lowest BCUT2D eigenvalue weighted by Gasteiger charge is -2.54. The number of hydrogen-bond donors (Lipinski definition) is 3. The van der Waals surface area contributed by atoms with Gasteiger partial charge in [0.05, 0.1) is 12.7 Å². The number of urea groups is 1. The number of aliphatic hydroxyl groups is 1. The van der Waals surface area contributed by atoms with Crippen LogP contribution < -0.4 is 10.6 Å². The second-order valence-corrected chi connectivity index (χ2v) is 7.16. The second-order valence-electron chi connectivity index (χ2n) is 7.16. The number of hydrogen-bond acceptors (Lipinski definition) is 3. The lowest BCUT2D eigenvalue weighted by atomic mass is 9.60. The first-order valence-corrected chi connectivity index (χ1v) is 8.41. The summed E-state index contributed by atoms with van der Waals surface area (Å²) in [7, 11) is 0. The molecule has 0 bridgehead atoms. The summed E-state index contributed by atoms with van der Waals surface area (Å²) in [5, 5.41) is 15.4. The highest BCUT2D eigenvalue weighted by Gasteiger charge is 2.57. The minimum Gasteiger partial charge on any atom is -0.396 e. The Bertz CT molecular complexity index is 389. The Labute approximate surface area is 126 Å². The zero-order chi connectivity index (χ0) is 14.9. The summed E-state index contributed by atoms with van der Waals surface area (Å²) in [6.45, 7) is 3.56. The zero-order valence-electron chi connectivity index (χ0n) is 13.0. The Morgan fingerprint density at radius 1 is 1.29 bits per heavy atom. The Balaban J connectivity index is 1.49. The summed E-state index contributed by atoms with van der Waals surface area (Å²) >= 11 is 0. The number of rotatable bonds is 6. The van der Waals surface area contributed by atoms with Crippen molar-refractivity contribution >= 4 is 6.03 Å². The predicted octanol–water partition coefficient (Wildman–Crippen LogP) is 1.80. The third kappa shape index (κ3) is 2.78. The molecule has 2 amide bonds. The molecular formula is C16H28N2O3. The Morgan fingerprint density at radius 2 is 2.00 bits per heavy atom. The van der Waals surface area contributed by atoms with Gasteiger partial charge in [-0.2, -0.15) is 0 Å². The quantitative estimate of drug-likeness (QED) is 0.700. The van der Waals surface area contributed by atoms with Gasteiger partial charge in [0.25, 0.3) is 0 Å². The summed E-state index contributed by atoms with van der Waals surface area (Å²) in [4.78, 5) is 12.1. The molecule has 0 aliphatic heterocycles. The van der Waals surface area contributed by atoms with Crippen LogP contribution in [0.3, 0.4) is 0 Å². The van der Waals surface area contributed by atoms with Gasteiger partial charge in [-0.15, -0.1) is 0 Å². The Kier molecular flexibility index (Phi) is 4.14. The van der Waals surface area contributed by atoms with Crippen molar-refractivity contribution in [1.29, 1.82) is 0 Å². The predicted molar refractivity (Wildman–Crippen MR) is 80.0 cm³/mol. The van der Waals surface area contributed by atoms with Crippen LogP contribution in [-0.2, 0) is 4.74 Å². The number of aliphatic hydroxyl groups excluding tert-OH is 1. The maximum absolute atomic E-state index is 12.1. The minimum absolute atomic E-state index is 0.0319. The van der Waals surface area contributed by atoms with Crippen LogP contribution in [0.25, 0.3) is 0 Å². The van der Waals surface area contributed by atoms with Crippen molar-refractivity contribution in [3.8, 4) is 0 Å². The average molecular weight is 296 g/mol. The van der Waals surface area contributed by atoms with Crippen molar-refractivity contribution in [2.45, 2.75) is 64.0 Å². The molecule has 1 spiro atoms. The van der Waals surface area contributed by atoms with Gasteiger partial charge in [0.1, 0.15) is 0 Å². The molecule has 2 atom stereocenters. The van der Waals surface area contributed by atoms with Crippen LogP contribution in [0.5, 0.6) is 0 Å². The maximum Gasteiger partial charge on any atom is 0.315 e. The average Bonchev–Trinajstić information content (AvgIpc) is 3.07. The van der Waals surface area contributed by atoms with Crippen molar-refractivity contribution in [2.75, 3.05) is 19.8 Å². The van der Waals surface area contributed by atoms with Crippen LogP contribution >= 0.6 is 0 Å². The smallest absolute Gasteiger partial charge is 0.315 e. The molecule has 0 aromatic carbocycles. The lowest BCUT2D eigenvalue weighted by molar-refractivity contribution is -0.126. The van der Waals surface area contributed by atoms with Crippen LogP contribution in [0, 0.1) is 10.8 Å². The van der Waals surface area contributed by atoms with Gasteiger partial charge < -0.3 is 20.5 Å². The molecule has 0 aromatic rings. The molecular weight excluding hydrogens is 268 g/mol. The molecule has 0 heterocycles. The molecule has 3 aliphatic rings. The highest BCUT2D eigenvalue weighted by Crippen LogP contribution is 2.54. The van der Waals surface area contributed by atoms with Crippen molar-refractivity contribution in [2.24, 2.45) is 10.8 Å². The van der Waals surface area contributed by atoms with Crippen molar-refractivity contribution in [1.82, 2.24) is 10.6 Å². The van der Waals surface area contributed by atoms with Crippen molar-refractivity contribution < 1.29 is 14.6 Å². The van der Waals surface area contributed by atoms with E-state index >= 15 is 0 Å². The molecule has 21 heavy (non-hydrogen) atoms. The van der Waals surface area contributed by atoms with Crippen molar-refractivity contribution in [3.63, 3.8) is 0 Å². The molecule has 3 N–H and O–H groups in total. The van der Waals surface area contributed by atoms with E-state index in [0.717, 1.165) is 25.9 Å². The molecule has 5 heteroatoms. The summed E-state index contributed by atoms with van der Waals surface area (Å²) in [6.07, 6.45) is 8.13. The molecule has 3 rings (SSSR count). The normalized spacial score (nSPS) is 31.7. The molecule has 5 nitrogen and oxygen atoms in total. The van der Waals surface area contributed by atoms with Crippen LogP contribution in [0.1, 0.15) is 51.9 Å². The fourth-order valence-corrected chi connectivity index (χ4v) is 4.13. The van der Waals surface area contributed by atoms with Crippen LogP contribution in [-0.4, -0.2) is 43.0 Å². The highest BCUT2D eigenvalue weighted by atomic mass is 16.5. The number of amides is 2. The number of ether oxygens (including phenoxy) is 1. The van der Waals surface area contributed by atoms with Gasteiger partial charge in [0, 0.05) is 30.0 Å². The third-order valence-corrected chi connectivity index (χ3v) is 5.91. The Hall–Kier alpha value is -0.810. The molecule has 0 unspecified atom stereocenters. The second kappa shape index (κ2) is 5.76. The number of nitrogens with one attached hydrogen (secondary N) is 2. The van der Waals surface area contributed by atoms with E-state index in [1.165, 1.54) is 25.7 Å². The van der Waals surface area contributed by atoms with Gasteiger partial charge in [-0.1, -0.05) is 12.8 Å². The van der Waals surface area contributed by atoms with E-state index in [1.807, 2.05) is 6.92 Å². The van der Waals surface area contributed by atoms with Crippen molar-refractivity contribution in [3.05, 3.63) is 0 Å². The first kappa shape index (κ1) is 15.1. The van der Waals surface area contributed by atoms with E-state index in [4.69, 9.17) is 4.74 Å². The summed E-state index contributed by atoms with van der Waals surface area (Å²) < 4.78 is 5.86. The van der Waals surface area contributed by atoms with Crippen LogP contribution in [0.4, 0.5) is 4.79 Å². The first-order valence-electron chi connectivity index (χ1n) is 8.41. The van der Waals surface area contributed by atoms with Gasteiger partial charge in [-0.05, 0) is 39.0 Å². The molecule has 0 aromatic heterocycles. The maximum atomic E-state index is 12.1. The lowest BCUT2D eigenvalue weighted by Crippen LogP contribution is -2.65. The molecule has 3 saturated carbocycles. The summed E-state index contributed by atoms with van der Waals surface area (Å²) in [5.41, 5.74) is 0.150. The molecule has 3 fully saturated rings. The number of carbonyl (C=O) groups is 1. The SMILES string of the molecule is CCO[C@@H]1C[C@H](NC(=O)NCC2(CO)CC2)C12CCCC2. The van der Waals surface area contributed by atoms with E-state index in [1.54, 1.807) is 0 Å². The summed E-state index contributed by atoms with van der Waals surface area (Å²) in [6, 6.07) is 0.168. The van der Waals surface area contributed by atoms with Gasteiger partial charge in [-0.25, -0.2) is 4.79 Å². The molecule has 0 radical (unpaired) electrons. The van der Waals surface area contributed by atoms with E-state index < -0.39 is 0 Å². The third-order valence-electron chi connectivity index (χ3n) is 5.91. The number of carbonyl (C=O) groups excluding carboxylic acids is 1. The standard InChI is InChI=1S/C16H28N2O3/c1-2-21-13-9-12(16(13)5-3-4-6-16)18-14(20)17-10-15(11-19)7-8-15/h12-13,19H,2-11H2,1H3,(H2,17,18,20)/t12-,13+/m0/s1. The molecule has 3 aliphatic carbocycles. The molecule has 0 saturated heterocycles. The summed E-state index contributed by atoms with van der Waals surface area (Å²) in [5.74, 6) is 0. The van der Waals surface area contributed by atoms with E-state index in [2.05, 4.69) is 10.6 Å². The highest BCUT2D eigenvalue weighted by molar-refractivity contribution is 5.74. The topological polar surface area (TPSA) is 70.6 Å². The largest absolute Gasteiger partial charge is 0.396 e. The first-order chi connectivity index (χ1) is 10.1. The monoisotopic (exact) mass is 296 g/mol. The van der Waals surface area contributed by atoms with E-state index in [9.17, 15) is 9.90 Å². The van der Waals surface area contributed by atoms with Crippen LogP contribution in [0.2, 0.25) is 0 Å². The zero-order valence-corrected chi connectivity index (χ0v) is 13.0. The van der Waals surface area contributed by atoms with E-state index in [-0.39, 0.29) is 29.5 Å².